The Morgan fingerprint density at radius 2 is 1.73 bits per heavy atom. The summed E-state index contributed by atoms with van der Waals surface area (Å²) in [6.07, 6.45) is 2.76. The average molecular weight is 299 g/mol. The van der Waals surface area contributed by atoms with Crippen LogP contribution in [0.5, 0.6) is 0 Å². The van der Waals surface area contributed by atoms with E-state index in [1.165, 1.54) is 6.07 Å². The van der Waals surface area contributed by atoms with Gasteiger partial charge in [0.1, 0.15) is 0 Å². The average Bonchev–Trinajstić information content (AvgIpc) is 2.97. The van der Waals surface area contributed by atoms with Crippen molar-refractivity contribution in [2.24, 2.45) is 0 Å². The smallest absolute Gasteiger partial charge is 0.162 e. The first-order chi connectivity index (χ1) is 10.7. The molecule has 0 aliphatic rings. The van der Waals surface area contributed by atoms with Crippen LogP contribution in [0.25, 0.3) is 0 Å². The van der Waals surface area contributed by atoms with Gasteiger partial charge in [-0.05, 0) is 30.0 Å². The fourth-order valence-corrected chi connectivity index (χ4v) is 2.31. The van der Waals surface area contributed by atoms with Crippen LogP contribution >= 0.6 is 0 Å². The van der Waals surface area contributed by atoms with Gasteiger partial charge in [0.05, 0.1) is 12.2 Å². The molecule has 22 heavy (non-hydrogen) atoms. The van der Waals surface area contributed by atoms with E-state index in [1.807, 2.05) is 36.5 Å². The van der Waals surface area contributed by atoms with E-state index in [2.05, 4.69) is 10.3 Å². The lowest BCUT2D eigenvalue weighted by Gasteiger charge is -2.02. The van der Waals surface area contributed by atoms with Crippen LogP contribution < -0.4 is 0 Å². The zero-order valence-corrected chi connectivity index (χ0v) is 11.9. The van der Waals surface area contributed by atoms with E-state index in [-0.39, 0.29) is 0 Å². The third kappa shape index (κ3) is 3.36. The van der Waals surface area contributed by atoms with Gasteiger partial charge in [0.2, 0.25) is 0 Å². The molecular formula is C17H15F2N3. The van der Waals surface area contributed by atoms with Gasteiger partial charge in [-0.2, -0.15) is 0 Å². The molecule has 0 saturated carbocycles. The maximum Gasteiger partial charge on any atom is 0.162 e. The highest BCUT2D eigenvalue weighted by molar-refractivity contribution is 5.20. The lowest BCUT2D eigenvalue weighted by atomic mass is 10.1. The van der Waals surface area contributed by atoms with E-state index >= 15 is 0 Å². The van der Waals surface area contributed by atoms with Crippen LogP contribution in [0.2, 0.25) is 0 Å². The number of nitrogens with zero attached hydrogens (tertiary/aromatic N) is 3. The first kappa shape index (κ1) is 14.4. The van der Waals surface area contributed by atoms with Crippen molar-refractivity contribution in [1.82, 2.24) is 15.0 Å². The summed E-state index contributed by atoms with van der Waals surface area (Å²) in [7, 11) is 0. The molecule has 0 radical (unpaired) electrons. The molecule has 1 heterocycles. The van der Waals surface area contributed by atoms with E-state index in [4.69, 9.17) is 0 Å². The largest absolute Gasteiger partial charge is 0.248 e. The zero-order chi connectivity index (χ0) is 15.4. The van der Waals surface area contributed by atoms with Crippen LogP contribution in [0.3, 0.4) is 0 Å². The van der Waals surface area contributed by atoms with Crippen LogP contribution in [-0.2, 0) is 19.4 Å². The predicted octanol–water partition coefficient (Wildman–Crippen LogP) is 3.39. The molecule has 0 atom stereocenters. The highest BCUT2D eigenvalue weighted by atomic mass is 19.2. The number of aryl methyl sites for hydroxylation is 2. The molecule has 3 nitrogen and oxygen atoms in total. The maximum absolute atomic E-state index is 13.6. The molecule has 5 heteroatoms. The number of hydrogen-bond donors (Lipinski definition) is 0. The van der Waals surface area contributed by atoms with E-state index in [1.54, 1.807) is 10.7 Å². The molecule has 0 spiro atoms. The monoisotopic (exact) mass is 299 g/mol. The summed E-state index contributed by atoms with van der Waals surface area (Å²) in [5, 5.41) is 8.14. The molecular weight excluding hydrogens is 284 g/mol. The summed E-state index contributed by atoms with van der Waals surface area (Å²) in [6, 6.07) is 14.2. The lowest BCUT2D eigenvalue weighted by Crippen LogP contribution is -2.00. The first-order valence-corrected chi connectivity index (χ1v) is 7.08. The summed E-state index contributed by atoms with van der Waals surface area (Å²) < 4.78 is 28.5. The van der Waals surface area contributed by atoms with Crippen LogP contribution in [0.4, 0.5) is 8.78 Å². The van der Waals surface area contributed by atoms with Crippen LogP contribution in [0.15, 0.2) is 54.7 Å². The minimum atomic E-state index is -0.815. The van der Waals surface area contributed by atoms with Crippen molar-refractivity contribution >= 4 is 0 Å². The molecule has 0 N–H and O–H groups in total. The van der Waals surface area contributed by atoms with Gasteiger partial charge < -0.3 is 0 Å². The summed E-state index contributed by atoms with van der Waals surface area (Å²) in [5.74, 6) is -1.59. The van der Waals surface area contributed by atoms with Gasteiger partial charge in [-0.3, -0.25) is 0 Å². The number of hydrogen-bond acceptors (Lipinski definition) is 2. The molecule has 3 rings (SSSR count). The van der Waals surface area contributed by atoms with Crippen molar-refractivity contribution in [2.75, 3.05) is 0 Å². The van der Waals surface area contributed by atoms with E-state index in [0.29, 0.717) is 24.9 Å². The number of halogens is 2. The summed E-state index contributed by atoms with van der Waals surface area (Å²) >= 11 is 0. The van der Waals surface area contributed by atoms with Crippen molar-refractivity contribution in [2.45, 2.75) is 19.4 Å². The second kappa shape index (κ2) is 6.47. The van der Waals surface area contributed by atoms with Crippen LogP contribution in [0.1, 0.15) is 16.8 Å². The Morgan fingerprint density at radius 3 is 2.55 bits per heavy atom. The number of aromatic nitrogens is 3. The molecule has 0 saturated heterocycles. The summed E-state index contributed by atoms with van der Waals surface area (Å²) in [5.41, 5.74) is 2.26. The molecule has 112 valence electrons. The van der Waals surface area contributed by atoms with Gasteiger partial charge >= 0.3 is 0 Å². The third-order valence-electron chi connectivity index (χ3n) is 3.46. The first-order valence-electron chi connectivity index (χ1n) is 7.08. The third-order valence-corrected chi connectivity index (χ3v) is 3.46. The Labute approximate surface area is 127 Å². The molecule has 2 aromatic carbocycles. The maximum atomic E-state index is 13.6. The minimum Gasteiger partial charge on any atom is -0.248 e. The Hall–Kier alpha value is -2.56. The Kier molecular flexibility index (Phi) is 4.23. The fourth-order valence-electron chi connectivity index (χ4n) is 2.31. The molecule has 0 amide bonds. The van der Waals surface area contributed by atoms with E-state index in [9.17, 15) is 8.78 Å². The van der Waals surface area contributed by atoms with Crippen LogP contribution in [-0.4, -0.2) is 15.0 Å². The number of benzene rings is 2. The summed E-state index contributed by atoms with van der Waals surface area (Å²) in [4.78, 5) is 0. The zero-order valence-electron chi connectivity index (χ0n) is 11.9. The van der Waals surface area contributed by atoms with Crippen molar-refractivity contribution in [3.8, 4) is 0 Å². The Balaban J connectivity index is 1.63. The second-order valence-electron chi connectivity index (χ2n) is 5.11. The van der Waals surface area contributed by atoms with Crippen molar-refractivity contribution in [3.05, 3.63) is 83.2 Å². The molecule has 0 fully saturated rings. The molecule has 1 aromatic heterocycles. The molecule has 0 unspecified atom stereocenters. The highest BCUT2D eigenvalue weighted by Crippen LogP contribution is 2.13. The van der Waals surface area contributed by atoms with Gasteiger partial charge in [0.15, 0.2) is 11.6 Å². The topological polar surface area (TPSA) is 30.7 Å². The highest BCUT2D eigenvalue weighted by Gasteiger charge is 2.09. The molecule has 0 aliphatic heterocycles. The quantitative estimate of drug-likeness (QED) is 0.723. The normalized spacial score (nSPS) is 10.8. The van der Waals surface area contributed by atoms with Gasteiger partial charge in [-0.15, -0.1) is 5.10 Å². The van der Waals surface area contributed by atoms with Crippen molar-refractivity contribution < 1.29 is 8.78 Å². The molecule has 0 bridgehead atoms. The lowest BCUT2D eigenvalue weighted by molar-refractivity contribution is 0.498. The van der Waals surface area contributed by atoms with Gasteiger partial charge in [-0.1, -0.05) is 47.7 Å². The molecule has 3 aromatic rings. The van der Waals surface area contributed by atoms with Crippen molar-refractivity contribution in [3.63, 3.8) is 0 Å². The van der Waals surface area contributed by atoms with Gasteiger partial charge in [-0.25, -0.2) is 13.5 Å². The van der Waals surface area contributed by atoms with E-state index < -0.39 is 11.6 Å². The fraction of sp³-hybridized carbons (Fsp3) is 0.176. The SMILES string of the molecule is Fc1cccc(CCc2cn(Cc3ccccc3)nn2)c1F. The predicted molar refractivity (Wildman–Crippen MR) is 79.3 cm³/mol. The number of rotatable bonds is 5. The molecule has 0 aliphatic carbocycles. The minimum absolute atomic E-state index is 0.359. The second-order valence-corrected chi connectivity index (χ2v) is 5.11. The Morgan fingerprint density at radius 1 is 0.909 bits per heavy atom. The van der Waals surface area contributed by atoms with Gasteiger partial charge in [0.25, 0.3) is 0 Å². The standard InChI is InChI=1S/C17H15F2N3/c18-16-8-4-7-14(17(16)19)9-10-15-12-22(21-20-15)11-13-5-2-1-3-6-13/h1-8,12H,9-11H2. The van der Waals surface area contributed by atoms with E-state index in [0.717, 1.165) is 17.3 Å². The van der Waals surface area contributed by atoms with Gasteiger partial charge in [0, 0.05) is 6.20 Å². The summed E-state index contributed by atoms with van der Waals surface area (Å²) in [6.45, 7) is 0.641. The van der Waals surface area contributed by atoms with Crippen LogP contribution in [0, 0.1) is 11.6 Å². The van der Waals surface area contributed by atoms with Crippen molar-refractivity contribution in [1.29, 1.82) is 0 Å². The Bertz CT molecular complexity index is 754.